The Hall–Kier alpha value is -3.88. The molecule has 1 fully saturated rings. The van der Waals surface area contributed by atoms with Crippen molar-refractivity contribution >= 4 is 55.7 Å². The molecule has 0 radical (unpaired) electrons. The Morgan fingerprint density at radius 3 is 2.57 bits per heavy atom. The molecular formula is C28H21ClN2O5S. The molecule has 7 nitrogen and oxygen atoms in total. The van der Waals surface area contributed by atoms with E-state index >= 15 is 0 Å². The molecule has 186 valence electrons. The quantitative estimate of drug-likeness (QED) is 0.200. The van der Waals surface area contributed by atoms with Crippen LogP contribution in [0.2, 0.25) is 5.02 Å². The van der Waals surface area contributed by atoms with Gasteiger partial charge in [-0.1, -0.05) is 48.1 Å². The maximum atomic E-state index is 13.5. The Bertz CT molecular complexity index is 1590. The predicted octanol–water partition coefficient (Wildman–Crippen LogP) is 5.91. The molecule has 1 saturated heterocycles. The van der Waals surface area contributed by atoms with Crippen LogP contribution in [-0.2, 0) is 16.0 Å². The van der Waals surface area contributed by atoms with E-state index in [4.69, 9.17) is 21.1 Å². The van der Waals surface area contributed by atoms with Gasteiger partial charge in [-0.05, 0) is 60.0 Å². The van der Waals surface area contributed by atoms with Gasteiger partial charge in [-0.25, -0.2) is 4.98 Å². The van der Waals surface area contributed by atoms with Gasteiger partial charge in [-0.3, -0.25) is 14.5 Å². The van der Waals surface area contributed by atoms with Crippen LogP contribution in [0.1, 0.15) is 29.7 Å². The summed E-state index contributed by atoms with van der Waals surface area (Å²) in [4.78, 5) is 33.0. The number of aliphatic hydroxyl groups excluding tert-OH is 1. The molecule has 0 bridgehead atoms. The van der Waals surface area contributed by atoms with E-state index in [1.165, 1.54) is 16.2 Å². The van der Waals surface area contributed by atoms with Crippen molar-refractivity contribution in [3.05, 3.63) is 87.9 Å². The SMILES string of the molecule is CCc1ccc2nc(N3C(=O)C(=O)/C(=C(/O)c4ccc5c(c4)OCCO5)C3c3ccc(Cl)cc3)sc2c1. The summed E-state index contributed by atoms with van der Waals surface area (Å²) < 4.78 is 12.1. The minimum Gasteiger partial charge on any atom is -0.507 e. The normalized spacial score (nSPS) is 18.5. The first kappa shape index (κ1) is 23.5. The Morgan fingerprint density at radius 2 is 1.81 bits per heavy atom. The smallest absolute Gasteiger partial charge is 0.301 e. The highest BCUT2D eigenvalue weighted by atomic mass is 35.5. The number of carbonyl (C=O) groups is 2. The molecule has 0 spiro atoms. The lowest BCUT2D eigenvalue weighted by Gasteiger charge is -2.23. The Kier molecular flexibility index (Phi) is 5.85. The average molecular weight is 533 g/mol. The maximum Gasteiger partial charge on any atom is 0.301 e. The third-order valence-corrected chi connectivity index (χ3v) is 7.77. The summed E-state index contributed by atoms with van der Waals surface area (Å²) >= 11 is 7.46. The molecule has 4 aromatic rings. The number of ether oxygens (including phenoxy) is 2. The molecule has 1 amide bonds. The molecule has 0 saturated carbocycles. The number of hydrogen-bond donors (Lipinski definition) is 1. The van der Waals surface area contributed by atoms with Crippen molar-refractivity contribution in [2.45, 2.75) is 19.4 Å². The number of anilines is 1. The molecule has 1 N–H and O–H groups in total. The van der Waals surface area contributed by atoms with E-state index in [1.807, 2.05) is 18.2 Å². The lowest BCUT2D eigenvalue weighted by atomic mass is 9.95. The number of rotatable bonds is 4. The van der Waals surface area contributed by atoms with Crippen LogP contribution in [0.15, 0.2) is 66.2 Å². The number of aromatic nitrogens is 1. The number of amides is 1. The monoisotopic (exact) mass is 532 g/mol. The van der Waals surface area contributed by atoms with Gasteiger partial charge in [0.05, 0.1) is 21.8 Å². The topological polar surface area (TPSA) is 89.0 Å². The van der Waals surface area contributed by atoms with Gasteiger partial charge >= 0.3 is 5.91 Å². The predicted molar refractivity (Wildman–Crippen MR) is 143 cm³/mol. The molecule has 37 heavy (non-hydrogen) atoms. The fraction of sp³-hybridized carbons (Fsp3) is 0.179. The molecule has 1 atom stereocenters. The zero-order valence-corrected chi connectivity index (χ0v) is 21.3. The van der Waals surface area contributed by atoms with Crippen molar-refractivity contribution in [1.82, 2.24) is 4.98 Å². The van der Waals surface area contributed by atoms with Crippen LogP contribution in [-0.4, -0.2) is 35.0 Å². The van der Waals surface area contributed by atoms with Crippen molar-refractivity contribution in [1.29, 1.82) is 0 Å². The molecular weight excluding hydrogens is 512 g/mol. The number of hydrogen-bond acceptors (Lipinski definition) is 7. The Balaban J connectivity index is 1.52. The van der Waals surface area contributed by atoms with E-state index in [2.05, 4.69) is 11.9 Å². The van der Waals surface area contributed by atoms with Crippen LogP contribution >= 0.6 is 22.9 Å². The summed E-state index contributed by atoms with van der Waals surface area (Å²) in [5.41, 5.74) is 2.82. The minimum atomic E-state index is -0.892. The average Bonchev–Trinajstić information content (AvgIpc) is 3.46. The van der Waals surface area contributed by atoms with Crippen molar-refractivity contribution < 1.29 is 24.2 Å². The summed E-state index contributed by atoms with van der Waals surface area (Å²) in [7, 11) is 0. The fourth-order valence-electron chi connectivity index (χ4n) is 4.62. The lowest BCUT2D eigenvalue weighted by Crippen LogP contribution is -2.29. The van der Waals surface area contributed by atoms with E-state index in [-0.39, 0.29) is 11.3 Å². The highest BCUT2D eigenvalue weighted by Gasteiger charge is 2.48. The molecule has 6 rings (SSSR count). The highest BCUT2D eigenvalue weighted by molar-refractivity contribution is 7.22. The number of aryl methyl sites for hydroxylation is 1. The van der Waals surface area contributed by atoms with E-state index in [0.717, 1.165) is 22.2 Å². The first-order valence-electron chi connectivity index (χ1n) is 11.8. The van der Waals surface area contributed by atoms with Crippen molar-refractivity contribution in [3.63, 3.8) is 0 Å². The van der Waals surface area contributed by atoms with Crippen LogP contribution in [0, 0.1) is 0 Å². The molecule has 1 unspecified atom stereocenters. The Morgan fingerprint density at radius 1 is 1.05 bits per heavy atom. The van der Waals surface area contributed by atoms with Gasteiger partial charge < -0.3 is 14.6 Å². The number of carbonyl (C=O) groups excluding carboxylic acids is 2. The largest absolute Gasteiger partial charge is 0.507 e. The van der Waals surface area contributed by atoms with Gasteiger partial charge in [0.2, 0.25) is 0 Å². The number of aliphatic hydroxyl groups is 1. The second kappa shape index (κ2) is 9.21. The number of nitrogens with zero attached hydrogens (tertiary/aromatic N) is 2. The van der Waals surface area contributed by atoms with Crippen LogP contribution in [0.5, 0.6) is 11.5 Å². The first-order chi connectivity index (χ1) is 17.9. The van der Waals surface area contributed by atoms with Gasteiger partial charge in [0.1, 0.15) is 19.0 Å². The zero-order valence-electron chi connectivity index (χ0n) is 19.7. The number of thiazole rings is 1. The number of halogens is 1. The van der Waals surface area contributed by atoms with Gasteiger partial charge in [0.25, 0.3) is 5.78 Å². The van der Waals surface area contributed by atoms with Gasteiger partial charge in [-0.2, -0.15) is 0 Å². The highest BCUT2D eigenvalue weighted by Crippen LogP contribution is 2.45. The fourth-order valence-corrected chi connectivity index (χ4v) is 5.80. The molecule has 1 aromatic heterocycles. The molecule has 2 aliphatic rings. The number of ketones is 1. The van der Waals surface area contributed by atoms with Crippen LogP contribution in [0.25, 0.3) is 16.0 Å². The van der Waals surface area contributed by atoms with Crippen molar-refractivity contribution in [2.24, 2.45) is 0 Å². The minimum absolute atomic E-state index is 0.0301. The third kappa shape index (κ3) is 4.02. The third-order valence-electron chi connectivity index (χ3n) is 6.50. The summed E-state index contributed by atoms with van der Waals surface area (Å²) in [5, 5.41) is 12.3. The Labute approximate surface area is 221 Å². The number of benzene rings is 3. The van der Waals surface area contributed by atoms with Crippen molar-refractivity contribution in [3.8, 4) is 11.5 Å². The number of fused-ring (bicyclic) bond motifs is 2. The molecule has 0 aliphatic carbocycles. The first-order valence-corrected chi connectivity index (χ1v) is 13.0. The van der Waals surface area contributed by atoms with Crippen LogP contribution < -0.4 is 14.4 Å². The van der Waals surface area contributed by atoms with E-state index < -0.39 is 17.7 Å². The second-order valence-corrected chi connectivity index (χ2v) is 10.2. The van der Waals surface area contributed by atoms with Crippen molar-refractivity contribution in [2.75, 3.05) is 18.1 Å². The standard InChI is InChI=1S/C28H21ClN2O5S/c1-2-15-3-9-19-22(13-15)37-28(30-19)31-24(16-4-7-18(29)8-5-16)23(26(33)27(31)34)25(32)17-6-10-20-21(14-17)36-12-11-35-20/h3-10,13-14,24,32H,2,11-12H2,1H3/b25-23+. The molecule has 3 heterocycles. The molecule has 3 aromatic carbocycles. The summed E-state index contributed by atoms with van der Waals surface area (Å²) in [6.07, 6.45) is 0.869. The summed E-state index contributed by atoms with van der Waals surface area (Å²) in [6.45, 7) is 2.88. The van der Waals surface area contributed by atoms with Crippen LogP contribution in [0.4, 0.5) is 5.13 Å². The zero-order chi connectivity index (χ0) is 25.7. The molecule has 2 aliphatic heterocycles. The van der Waals surface area contributed by atoms with Gasteiger partial charge in [0, 0.05) is 10.6 Å². The van der Waals surface area contributed by atoms with Gasteiger partial charge in [0.15, 0.2) is 16.6 Å². The van der Waals surface area contributed by atoms with Crippen LogP contribution in [0.3, 0.4) is 0 Å². The number of Topliss-reactive ketones (excluding diaryl/α,β-unsaturated/α-hetero) is 1. The van der Waals surface area contributed by atoms with Gasteiger partial charge in [-0.15, -0.1) is 0 Å². The van der Waals surface area contributed by atoms with E-state index in [9.17, 15) is 14.7 Å². The molecule has 9 heteroatoms. The maximum absolute atomic E-state index is 13.5. The second-order valence-electron chi connectivity index (χ2n) is 8.73. The summed E-state index contributed by atoms with van der Waals surface area (Å²) in [5.74, 6) is -0.828. The van der Waals surface area contributed by atoms with E-state index in [1.54, 1.807) is 42.5 Å². The summed E-state index contributed by atoms with van der Waals surface area (Å²) in [6, 6.07) is 16.8. The lowest BCUT2D eigenvalue weighted by molar-refractivity contribution is -0.132. The van der Waals surface area contributed by atoms with E-state index in [0.29, 0.717) is 46.0 Å².